The first-order chi connectivity index (χ1) is 32.5. The molecule has 3 atom stereocenters. The van der Waals surface area contributed by atoms with Crippen molar-refractivity contribution in [2.75, 3.05) is 25.1 Å². The summed E-state index contributed by atoms with van der Waals surface area (Å²) < 4.78 is 39.6. The van der Waals surface area contributed by atoms with Gasteiger partial charge in [-0.05, 0) is 92.5 Å². The number of H-pyrrole nitrogens is 1. The first kappa shape index (κ1) is 51.7. The van der Waals surface area contributed by atoms with Crippen LogP contribution in [0, 0.1) is 36.3 Å². The van der Waals surface area contributed by atoms with Crippen molar-refractivity contribution in [3.8, 4) is 0 Å². The van der Waals surface area contributed by atoms with Gasteiger partial charge in [0, 0.05) is 49.0 Å². The highest BCUT2D eigenvalue weighted by Crippen LogP contribution is 2.55. The quantitative estimate of drug-likeness (QED) is 0.0141. The van der Waals surface area contributed by atoms with E-state index in [9.17, 15) is 54.3 Å². The van der Waals surface area contributed by atoms with Gasteiger partial charge in [0.1, 0.15) is 31.0 Å². The molecule has 0 spiro atoms. The molecule has 2 heterocycles. The molecule has 3 aromatic carbocycles. The van der Waals surface area contributed by atoms with Gasteiger partial charge in [0.25, 0.3) is 24.6 Å². The van der Waals surface area contributed by atoms with E-state index in [1.165, 1.54) is 85.9 Å². The molecule has 4 aromatic rings. The summed E-state index contributed by atoms with van der Waals surface area (Å²) >= 11 is 0.592. The third kappa shape index (κ3) is 13.4. The number of likely N-dealkylation sites (tertiary alicyclic amines) is 1. The fourth-order valence-corrected chi connectivity index (χ4v) is 9.65. The van der Waals surface area contributed by atoms with Crippen LogP contribution in [0.25, 0.3) is 0 Å². The Labute approximate surface area is 390 Å². The van der Waals surface area contributed by atoms with Gasteiger partial charge >= 0.3 is 18.2 Å². The first-order valence-corrected chi connectivity index (χ1v) is 22.8. The molecule has 2 N–H and O–H groups in total. The number of ether oxygens (including phenoxy) is 4. The number of nitro benzene ring substituents is 3. The normalized spacial score (nSPS) is 14.8. The smallest absolute Gasteiger partial charge is 0.456 e. The Morgan fingerprint density at radius 2 is 1.21 bits per heavy atom. The highest BCUT2D eigenvalue weighted by molar-refractivity contribution is 8.13. The third-order valence-corrected chi connectivity index (χ3v) is 13.1. The Morgan fingerprint density at radius 3 is 1.66 bits per heavy atom. The second-order valence-corrected chi connectivity index (χ2v) is 17.3. The molecule has 0 saturated carbocycles. The summed E-state index contributed by atoms with van der Waals surface area (Å²) in [5.41, 5.74) is 0.141. The largest absolute Gasteiger partial charge is 0.508 e. The average molecular weight is 986 g/mol. The molecule has 0 radical (unpaired) electrons. The zero-order valence-electron chi connectivity index (χ0n) is 36.6. The number of amides is 2. The van der Waals surface area contributed by atoms with Gasteiger partial charge in [-0.25, -0.2) is 19.4 Å². The standard InChI is InChI=1S/C41H44N7O18PS/c1-5-63-67(64-6-2,65-7-3)37(38(51)60-22-26-8-14-29(15-9-26)46(54)55)45-32(35(36(45)50)25(4)66-41(53)62-24-28-12-18-31(19-13-28)48(58)59)20-34(49)68-33-21-42-39(43-33)44-40(52)61-23-27-10-16-30(17-11-27)47(56)57/h8-19,21,25,32,35H,5-7,20,22-24H2,1-4H3,(H2,42,43,44,52). The van der Waals surface area contributed by atoms with E-state index in [0.29, 0.717) is 28.5 Å². The Morgan fingerprint density at radius 1 is 0.750 bits per heavy atom. The van der Waals surface area contributed by atoms with E-state index >= 15 is 0 Å². The molecule has 0 bridgehead atoms. The number of β-lactam (4-membered cyclic amide) rings is 1. The minimum absolute atomic E-state index is 0.0556. The number of aromatic nitrogens is 2. The second-order valence-electron chi connectivity index (χ2n) is 14.1. The number of hydrogen-bond acceptors (Lipinski definition) is 20. The highest BCUT2D eigenvalue weighted by Gasteiger charge is 2.57. The molecule has 1 aliphatic rings. The minimum Gasteiger partial charge on any atom is -0.456 e. The molecule has 68 heavy (non-hydrogen) atoms. The van der Waals surface area contributed by atoms with Gasteiger partial charge in [0.2, 0.25) is 17.3 Å². The summed E-state index contributed by atoms with van der Waals surface area (Å²) in [7, 11) is -4.02. The van der Waals surface area contributed by atoms with Crippen LogP contribution >= 0.6 is 19.3 Å². The lowest BCUT2D eigenvalue weighted by Gasteiger charge is -2.49. The van der Waals surface area contributed by atoms with Crippen LogP contribution in [0.3, 0.4) is 0 Å². The van der Waals surface area contributed by atoms with Gasteiger partial charge in [0.15, 0.2) is 5.12 Å². The fourth-order valence-electron chi connectivity index (χ4n) is 6.50. The predicted molar refractivity (Wildman–Crippen MR) is 239 cm³/mol. The number of anilines is 1. The van der Waals surface area contributed by atoms with Crippen LogP contribution in [0.15, 0.2) is 84.0 Å². The molecule has 27 heteroatoms. The lowest BCUT2D eigenvalue weighted by molar-refractivity contribution is -0.385. The zero-order valence-corrected chi connectivity index (χ0v) is 38.3. The summed E-state index contributed by atoms with van der Waals surface area (Å²) in [5.74, 6) is -3.40. The zero-order chi connectivity index (χ0) is 49.5. The average Bonchev–Trinajstić information content (AvgIpc) is 3.74. The van der Waals surface area contributed by atoms with Gasteiger partial charge < -0.3 is 37.5 Å². The number of carbonyl (C=O) groups is 5. The fraction of sp³-hybridized carbons (Fsp3) is 0.341. The van der Waals surface area contributed by atoms with Crippen LogP contribution in [0.4, 0.5) is 32.6 Å². The number of esters is 1. The predicted octanol–water partition coefficient (Wildman–Crippen LogP) is 7.21. The van der Waals surface area contributed by atoms with Gasteiger partial charge in [-0.1, -0.05) is 0 Å². The van der Waals surface area contributed by atoms with E-state index in [1.807, 2.05) is 0 Å². The maximum atomic E-state index is 14.5. The number of carbonyl (C=O) groups excluding carboxylic acids is 5. The van der Waals surface area contributed by atoms with Crippen LogP contribution < -0.4 is 5.32 Å². The van der Waals surface area contributed by atoms with Crippen LogP contribution in [0.1, 0.15) is 50.8 Å². The van der Waals surface area contributed by atoms with Gasteiger partial charge in [-0.3, -0.25) is 50.1 Å². The monoisotopic (exact) mass is 985 g/mol. The molecule has 1 aromatic heterocycles. The van der Waals surface area contributed by atoms with Gasteiger partial charge in [-0.15, -0.1) is 0 Å². The van der Waals surface area contributed by atoms with Gasteiger partial charge in [0.05, 0.1) is 46.6 Å². The molecule has 362 valence electrons. The van der Waals surface area contributed by atoms with Crippen molar-refractivity contribution in [1.82, 2.24) is 14.9 Å². The second kappa shape index (κ2) is 24.0. The lowest BCUT2D eigenvalue weighted by Crippen LogP contribution is -2.68. The highest BCUT2D eigenvalue weighted by atomic mass is 32.2. The Hall–Kier alpha value is -7.25. The maximum Gasteiger partial charge on any atom is 0.508 e. The summed E-state index contributed by atoms with van der Waals surface area (Å²) in [6.07, 6.45) is -2.70. The number of rotatable bonds is 23. The number of benzene rings is 3. The number of hydrogen-bond donors (Lipinski definition) is 2. The van der Waals surface area contributed by atoms with Crippen molar-refractivity contribution >= 4 is 77.0 Å². The van der Waals surface area contributed by atoms with E-state index in [1.54, 1.807) is 20.8 Å². The first-order valence-electron chi connectivity index (χ1n) is 20.4. The van der Waals surface area contributed by atoms with E-state index in [0.717, 1.165) is 4.90 Å². The Kier molecular flexibility index (Phi) is 18.2. The summed E-state index contributed by atoms with van der Waals surface area (Å²) in [4.78, 5) is 107. The SMILES string of the molecule is CCOP(OCC)(OCC)=C(C(=O)OCc1ccc([N+](=O)[O-])cc1)N1C(=O)C(C(C)OC(=O)OCc2ccc([N+](=O)[O-])cc2)C1CC(=O)Sc1c[nH]c(NC(=O)OCc2ccc([N+](=O)[O-])cc2)n1. The van der Waals surface area contributed by atoms with E-state index < -0.39 is 88.1 Å². The number of imidazole rings is 1. The van der Waals surface area contributed by atoms with Crippen molar-refractivity contribution in [3.05, 3.63) is 126 Å². The van der Waals surface area contributed by atoms with Crippen LogP contribution in [-0.2, 0) is 66.7 Å². The Bertz CT molecular complexity index is 2530. The molecule has 25 nitrogen and oxygen atoms in total. The van der Waals surface area contributed by atoms with E-state index in [-0.39, 0.29) is 61.1 Å². The number of aromatic amines is 1. The van der Waals surface area contributed by atoms with Crippen molar-refractivity contribution in [2.45, 2.75) is 71.1 Å². The van der Waals surface area contributed by atoms with Crippen molar-refractivity contribution in [2.24, 2.45) is 5.92 Å². The molecule has 3 unspecified atom stereocenters. The lowest BCUT2D eigenvalue weighted by atomic mass is 9.81. The number of nitrogens with one attached hydrogen (secondary N) is 2. The van der Waals surface area contributed by atoms with E-state index in [2.05, 4.69) is 15.3 Å². The summed E-state index contributed by atoms with van der Waals surface area (Å²) in [6.45, 7) is 4.87. The third-order valence-electron chi connectivity index (χ3n) is 9.53. The topological polar surface area (TPSA) is 323 Å². The maximum absolute atomic E-state index is 14.5. The van der Waals surface area contributed by atoms with Crippen LogP contribution in [0.5, 0.6) is 0 Å². The Balaban J connectivity index is 1.39. The van der Waals surface area contributed by atoms with Crippen LogP contribution in [-0.4, -0.2) is 96.3 Å². The minimum atomic E-state index is -4.02. The number of thioether (sulfide) groups is 1. The van der Waals surface area contributed by atoms with Crippen LogP contribution in [0.2, 0.25) is 0 Å². The molecular formula is C41H44N7O18PS. The molecule has 0 aliphatic carbocycles. The molecule has 2 amide bonds. The molecule has 1 saturated heterocycles. The molecule has 1 fully saturated rings. The number of nitrogens with zero attached hydrogens (tertiary/aromatic N) is 5. The molecular weight excluding hydrogens is 942 g/mol. The van der Waals surface area contributed by atoms with Crippen molar-refractivity contribution in [1.29, 1.82) is 0 Å². The molecule has 1 aliphatic heterocycles. The summed E-state index contributed by atoms with van der Waals surface area (Å²) in [6, 6.07) is 14.4. The van der Waals surface area contributed by atoms with Crippen molar-refractivity contribution in [3.63, 3.8) is 0 Å². The molecule has 5 rings (SSSR count). The number of nitro groups is 3. The van der Waals surface area contributed by atoms with Gasteiger partial charge in [-0.2, -0.15) is 0 Å². The number of non-ortho nitro benzene ring substituents is 3. The van der Waals surface area contributed by atoms with E-state index in [4.69, 9.17) is 32.5 Å². The summed E-state index contributed by atoms with van der Waals surface area (Å²) in [5, 5.41) is 35.0. The van der Waals surface area contributed by atoms with Crippen molar-refractivity contribution < 1.29 is 71.3 Å².